The van der Waals surface area contributed by atoms with Crippen LogP contribution in [0.1, 0.15) is 21.8 Å². The number of rotatable bonds is 5. The highest BCUT2D eigenvalue weighted by Crippen LogP contribution is 2.29. The second-order valence-electron chi connectivity index (χ2n) is 6.68. The van der Waals surface area contributed by atoms with Crippen LogP contribution in [0.25, 0.3) is 0 Å². The number of benzene rings is 1. The SMILES string of the molecule is Cn1cc([C@H]2CNC[C@@H]2C(=O)Nc2ccc(C(=O)NCC(F)(F)F)cc2)cn1. The molecule has 0 aliphatic carbocycles. The summed E-state index contributed by atoms with van der Waals surface area (Å²) < 4.78 is 38.2. The number of hydrogen-bond acceptors (Lipinski definition) is 4. The Morgan fingerprint density at radius 3 is 2.57 bits per heavy atom. The Morgan fingerprint density at radius 1 is 1.25 bits per heavy atom. The summed E-state index contributed by atoms with van der Waals surface area (Å²) in [6.45, 7) is -0.194. The van der Waals surface area contributed by atoms with Gasteiger partial charge in [0, 0.05) is 43.5 Å². The minimum atomic E-state index is -4.47. The van der Waals surface area contributed by atoms with Crippen LogP contribution in [0.5, 0.6) is 0 Å². The van der Waals surface area contributed by atoms with Crippen LogP contribution in [0.15, 0.2) is 36.7 Å². The van der Waals surface area contributed by atoms with E-state index >= 15 is 0 Å². The van der Waals surface area contributed by atoms with Gasteiger partial charge in [-0.05, 0) is 29.8 Å². The number of amides is 2. The quantitative estimate of drug-likeness (QED) is 0.719. The molecule has 2 aromatic rings. The minimum Gasteiger partial charge on any atom is -0.343 e. The van der Waals surface area contributed by atoms with E-state index in [1.54, 1.807) is 16.2 Å². The largest absolute Gasteiger partial charge is 0.405 e. The Balaban J connectivity index is 1.60. The summed E-state index contributed by atoms with van der Waals surface area (Å²) in [6, 6.07) is 5.71. The Bertz CT molecular complexity index is 848. The van der Waals surface area contributed by atoms with Crippen LogP contribution in [-0.2, 0) is 11.8 Å². The van der Waals surface area contributed by atoms with E-state index in [9.17, 15) is 22.8 Å². The van der Waals surface area contributed by atoms with Crippen LogP contribution >= 0.6 is 0 Å². The fraction of sp³-hybridized carbons (Fsp3) is 0.389. The van der Waals surface area contributed by atoms with E-state index in [4.69, 9.17) is 0 Å². The fourth-order valence-electron chi connectivity index (χ4n) is 3.16. The lowest BCUT2D eigenvalue weighted by atomic mass is 9.90. The Morgan fingerprint density at radius 2 is 1.96 bits per heavy atom. The molecule has 0 bridgehead atoms. The smallest absolute Gasteiger partial charge is 0.343 e. The number of aromatic nitrogens is 2. The maximum Gasteiger partial charge on any atom is 0.405 e. The van der Waals surface area contributed by atoms with Crippen molar-refractivity contribution in [3.8, 4) is 0 Å². The lowest BCUT2D eigenvalue weighted by Gasteiger charge is -2.17. The number of alkyl halides is 3. The molecule has 1 aliphatic heterocycles. The van der Waals surface area contributed by atoms with E-state index in [0.29, 0.717) is 18.8 Å². The number of halogens is 3. The van der Waals surface area contributed by atoms with Crippen LogP contribution in [0.2, 0.25) is 0 Å². The molecule has 0 spiro atoms. The molecule has 1 aromatic carbocycles. The van der Waals surface area contributed by atoms with E-state index in [-0.39, 0.29) is 23.3 Å². The molecule has 1 aliphatic rings. The standard InChI is InChI=1S/C18H20F3N5O2/c1-26-9-12(6-24-26)14-7-22-8-15(14)17(28)25-13-4-2-11(3-5-13)16(27)23-10-18(19,20)21/h2-6,9,14-15,22H,7-8,10H2,1H3,(H,23,27)(H,25,28)/t14-,15+/m1/s1. The van der Waals surface area contributed by atoms with Gasteiger partial charge in [0.15, 0.2) is 0 Å². The molecule has 7 nitrogen and oxygen atoms in total. The Kier molecular flexibility index (Phi) is 5.68. The molecule has 0 radical (unpaired) electrons. The van der Waals surface area contributed by atoms with Crippen molar-refractivity contribution in [2.24, 2.45) is 13.0 Å². The van der Waals surface area contributed by atoms with Gasteiger partial charge in [-0.2, -0.15) is 18.3 Å². The van der Waals surface area contributed by atoms with E-state index in [0.717, 1.165) is 5.56 Å². The highest BCUT2D eigenvalue weighted by atomic mass is 19.4. The molecule has 2 atom stereocenters. The molecule has 10 heteroatoms. The lowest BCUT2D eigenvalue weighted by Crippen LogP contribution is -2.33. The zero-order chi connectivity index (χ0) is 20.3. The van der Waals surface area contributed by atoms with E-state index in [1.807, 2.05) is 13.2 Å². The van der Waals surface area contributed by atoms with Crippen molar-refractivity contribution < 1.29 is 22.8 Å². The first-order valence-corrected chi connectivity index (χ1v) is 8.68. The van der Waals surface area contributed by atoms with Crippen LogP contribution in [0.3, 0.4) is 0 Å². The third kappa shape index (κ3) is 4.89. The van der Waals surface area contributed by atoms with Crippen molar-refractivity contribution in [3.05, 3.63) is 47.8 Å². The van der Waals surface area contributed by atoms with Gasteiger partial charge in [0.05, 0.1) is 12.1 Å². The van der Waals surface area contributed by atoms with Crippen molar-refractivity contribution in [2.75, 3.05) is 25.0 Å². The van der Waals surface area contributed by atoms with Crippen molar-refractivity contribution in [1.29, 1.82) is 0 Å². The van der Waals surface area contributed by atoms with Crippen LogP contribution < -0.4 is 16.0 Å². The molecular weight excluding hydrogens is 375 g/mol. The van der Waals surface area contributed by atoms with Crippen molar-refractivity contribution in [2.45, 2.75) is 12.1 Å². The van der Waals surface area contributed by atoms with Crippen LogP contribution in [-0.4, -0.2) is 47.4 Å². The number of nitrogens with zero attached hydrogens (tertiary/aromatic N) is 2. The first-order chi connectivity index (χ1) is 13.2. The lowest BCUT2D eigenvalue weighted by molar-refractivity contribution is -0.123. The topological polar surface area (TPSA) is 88.0 Å². The molecule has 2 heterocycles. The number of anilines is 1. The van der Waals surface area contributed by atoms with Gasteiger partial charge in [-0.3, -0.25) is 14.3 Å². The molecule has 1 aromatic heterocycles. The first-order valence-electron chi connectivity index (χ1n) is 8.68. The first kappa shape index (κ1) is 19.9. The monoisotopic (exact) mass is 395 g/mol. The summed E-state index contributed by atoms with van der Waals surface area (Å²) in [6.07, 6.45) is -0.845. The summed E-state index contributed by atoms with van der Waals surface area (Å²) in [4.78, 5) is 24.4. The molecule has 3 rings (SSSR count). The van der Waals surface area contributed by atoms with Crippen LogP contribution in [0, 0.1) is 5.92 Å². The number of aryl methyl sites for hydroxylation is 1. The molecule has 0 unspecified atom stereocenters. The summed E-state index contributed by atoms with van der Waals surface area (Å²) in [5.74, 6) is -1.28. The van der Waals surface area contributed by atoms with Gasteiger partial charge in [0.25, 0.3) is 5.91 Å². The average Bonchev–Trinajstić information content (AvgIpc) is 3.28. The Hall–Kier alpha value is -2.88. The zero-order valence-corrected chi connectivity index (χ0v) is 15.1. The van der Waals surface area contributed by atoms with Crippen molar-refractivity contribution in [1.82, 2.24) is 20.4 Å². The molecular formula is C18H20F3N5O2. The number of carbonyl (C=O) groups excluding carboxylic acids is 2. The van der Waals surface area contributed by atoms with Gasteiger partial charge in [-0.25, -0.2) is 0 Å². The second-order valence-corrected chi connectivity index (χ2v) is 6.68. The van der Waals surface area contributed by atoms with E-state index < -0.39 is 18.6 Å². The highest BCUT2D eigenvalue weighted by molar-refractivity contribution is 5.96. The number of carbonyl (C=O) groups is 2. The molecule has 0 saturated carbocycles. The van der Waals surface area contributed by atoms with Gasteiger partial charge in [-0.15, -0.1) is 0 Å². The summed E-state index contributed by atoms with van der Waals surface area (Å²) in [5, 5.41) is 11.9. The molecule has 2 amide bonds. The van der Waals surface area contributed by atoms with Crippen molar-refractivity contribution in [3.63, 3.8) is 0 Å². The van der Waals surface area contributed by atoms with Crippen molar-refractivity contribution >= 4 is 17.5 Å². The van der Waals surface area contributed by atoms with Gasteiger partial charge >= 0.3 is 6.18 Å². The molecule has 3 N–H and O–H groups in total. The third-order valence-corrected chi connectivity index (χ3v) is 4.57. The Labute approximate surface area is 159 Å². The summed E-state index contributed by atoms with van der Waals surface area (Å²) in [7, 11) is 1.81. The molecule has 1 saturated heterocycles. The van der Waals surface area contributed by atoms with Crippen LogP contribution in [0.4, 0.5) is 18.9 Å². The fourth-order valence-corrected chi connectivity index (χ4v) is 3.16. The minimum absolute atomic E-state index is 0.00104. The normalized spacial score (nSPS) is 19.4. The maximum atomic E-state index is 12.7. The average molecular weight is 395 g/mol. The summed E-state index contributed by atoms with van der Waals surface area (Å²) in [5.41, 5.74) is 1.52. The van der Waals surface area contributed by atoms with Gasteiger partial charge < -0.3 is 16.0 Å². The van der Waals surface area contributed by atoms with E-state index in [1.165, 1.54) is 24.3 Å². The number of nitrogens with one attached hydrogen (secondary N) is 3. The summed E-state index contributed by atoms with van der Waals surface area (Å²) >= 11 is 0. The predicted molar refractivity (Wildman–Crippen MR) is 95.8 cm³/mol. The molecule has 1 fully saturated rings. The second kappa shape index (κ2) is 8.01. The predicted octanol–water partition coefficient (Wildman–Crippen LogP) is 1.65. The molecule has 150 valence electrons. The van der Waals surface area contributed by atoms with E-state index in [2.05, 4.69) is 15.7 Å². The maximum absolute atomic E-state index is 12.7. The van der Waals surface area contributed by atoms with Gasteiger partial charge in [0.2, 0.25) is 5.91 Å². The highest BCUT2D eigenvalue weighted by Gasteiger charge is 2.34. The zero-order valence-electron chi connectivity index (χ0n) is 15.1. The molecule has 28 heavy (non-hydrogen) atoms. The van der Waals surface area contributed by atoms with Gasteiger partial charge in [-0.1, -0.05) is 0 Å². The third-order valence-electron chi connectivity index (χ3n) is 4.57. The number of hydrogen-bond donors (Lipinski definition) is 3. The van der Waals surface area contributed by atoms with Gasteiger partial charge in [0.1, 0.15) is 6.54 Å².